The number of benzene rings is 1. The van der Waals surface area contributed by atoms with Gasteiger partial charge in [-0.1, -0.05) is 19.9 Å². The summed E-state index contributed by atoms with van der Waals surface area (Å²) in [7, 11) is 0. The molecule has 0 saturated carbocycles. The molecule has 2 aromatic rings. The minimum atomic E-state index is -0.367. The van der Waals surface area contributed by atoms with Gasteiger partial charge in [-0.3, -0.25) is 4.79 Å². The summed E-state index contributed by atoms with van der Waals surface area (Å²) >= 11 is 0. The van der Waals surface area contributed by atoms with Crippen molar-refractivity contribution >= 4 is 10.9 Å². The van der Waals surface area contributed by atoms with Crippen molar-refractivity contribution in [3.05, 3.63) is 45.5 Å². The summed E-state index contributed by atoms with van der Waals surface area (Å²) in [6.45, 7) is 5.95. The zero-order chi connectivity index (χ0) is 12.6. The molecule has 90 valence electrons. The first-order chi connectivity index (χ1) is 7.99. The first-order valence-corrected chi connectivity index (χ1v) is 5.80. The first-order valence-electron chi connectivity index (χ1n) is 5.80. The number of pyridine rings is 1. The largest absolute Gasteiger partial charge is 0.356 e. The second kappa shape index (κ2) is 4.32. The van der Waals surface area contributed by atoms with E-state index in [9.17, 15) is 9.18 Å². The smallest absolute Gasteiger partial charge is 0.190 e. The van der Waals surface area contributed by atoms with Crippen molar-refractivity contribution in [2.45, 2.75) is 27.2 Å². The van der Waals surface area contributed by atoms with Crippen molar-refractivity contribution < 1.29 is 4.39 Å². The van der Waals surface area contributed by atoms with Crippen LogP contribution in [-0.4, -0.2) is 4.98 Å². The number of H-pyrrole nitrogens is 1. The molecule has 0 aliphatic heterocycles. The third-order valence-corrected chi connectivity index (χ3v) is 2.83. The average Bonchev–Trinajstić information content (AvgIpc) is 2.22. The molecule has 0 aliphatic carbocycles. The molecule has 0 saturated heterocycles. The molecule has 2 rings (SSSR count). The number of aromatic nitrogens is 1. The van der Waals surface area contributed by atoms with E-state index in [0.29, 0.717) is 16.8 Å². The molecule has 17 heavy (non-hydrogen) atoms. The maximum absolute atomic E-state index is 13.7. The molecule has 0 spiro atoms. The van der Waals surface area contributed by atoms with Crippen LogP contribution in [0.15, 0.2) is 23.0 Å². The number of hydrogen-bond donors (Lipinski definition) is 1. The topological polar surface area (TPSA) is 32.9 Å². The van der Waals surface area contributed by atoms with Crippen LogP contribution in [0.3, 0.4) is 0 Å². The Morgan fingerprint density at radius 3 is 2.71 bits per heavy atom. The molecule has 1 heterocycles. The molecule has 0 amide bonds. The van der Waals surface area contributed by atoms with Crippen molar-refractivity contribution in [1.82, 2.24) is 4.98 Å². The third-order valence-electron chi connectivity index (χ3n) is 2.83. The molecule has 0 fully saturated rings. The Hall–Kier alpha value is -1.64. The van der Waals surface area contributed by atoms with Gasteiger partial charge >= 0.3 is 0 Å². The lowest BCUT2D eigenvalue weighted by Crippen LogP contribution is -2.09. The van der Waals surface area contributed by atoms with Gasteiger partial charge in [0.25, 0.3) is 0 Å². The zero-order valence-corrected chi connectivity index (χ0v) is 10.3. The van der Waals surface area contributed by atoms with Gasteiger partial charge < -0.3 is 4.98 Å². The van der Waals surface area contributed by atoms with E-state index in [4.69, 9.17) is 0 Å². The summed E-state index contributed by atoms with van der Waals surface area (Å²) < 4.78 is 13.7. The number of hydrogen-bond acceptors (Lipinski definition) is 1. The van der Waals surface area contributed by atoms with Gasteiger partial charge in [-0.2, -0.15) is 0 Å². The fourth-order valence-corrected chi connectivity index (χ4v) is 2.10. The fourth-order valence-electron chi connectivity index (χ4n) is 2.10. The standard InChI is InChI=1S/C14H16FNO/c1-8(2)6-10-7-12(17)13-9(3)4-5-11(15)14(13)16-10/h4-5,7-8H,6H2,1-3H3,(H,16,17). The van der Waals surface area contributed by atoms with E-state index in [0.717, 1.165) is 17.7 Å². The molecule has 2 nitrogen and oxygen atoms in total. The Morgan fingerprint density at radius 1 is 1.35 bits per heavy atom. The Morgan fingerprint density at radius 2 is 2.06 bits per heavy atom. The molecular formula is C14H16FNO. The van der Waals surface area contributed by atoms with Crippen LogP contribution in [0.4, 0.5) is 4.39 Å². The van der Waals surface area contributed by atoms with E-state index in [1.165, 1.54) is 6.07 Å². The van der Waals surface area contributed by atoms with Crippen LogP contribution in [0.2, 0.25) is 0 Å². The highest BCUT2D eigenvalue weighted by molar-refractivity contribution is 5.82. The lowest BCUT2D eigenvalue weighted by Gasteiger charge is -2.08. The minimum absolute atomic E-state index is 0.105. The normalized spacial score (nSPS) is 11.4. The molecule has 3 heteroatoms. The van der Waals surface area contributed by atoms with Crippen LogP contribution in [0.25, 0.3) is 10.9 Å². The van der Waals surface area contributed by atoms with Crippen molar-refractivity contribution in [2.75, 3.05) is 0 Å². The van der Waals surface area contributed by atoms with E-state index >= 15 is 0 Å². The Balaban J connectivity index is 2.73. The van der Waals surface area contributed by atoms with Crippen LogP contribution in [0.5, 0.6) is 0 Å². The summed E-state index contributed by atoms with van der Waals surface area (Å²) in [5, 5.41) is 0.456. The summed E-state index contributed by atoms with van der Waals surface area (Å²) in [4.78, 5) is 15.0. The van der Waals surface area contributed by atoms with Crippen LogP contribution >= 0.6 is 0 Å². The summed E-state index contributed by atoms with van der Waals surface area (Å²) in [6.07, 6.45) is 0.749. The van der Waals surface area contributed by atoms with E-state index < -0.39 is 0 Å². The zero-order valence-electron chi connectivity index (χ0n) is 10.3. The Bertz CT molecular complexity index is 613. The maximum Gasteiger partial charge on any atom is 0.190 e. The van der Waals surface area contributed by atoms with Crippen LogP contribution in [0.1, 0.15) is 25.1 Å². The lowest BCUT2D eigenvalue weighted by molar-refractivity contribution is 0.625. The predicted octanol–water partition coefficient (Wildman–Crippen LogP) is 3.17. The Labute approximate surface area is 99.5 Å². The number of aryl methyl sites for hydroxylation is 1. The monoisotopic (exact) mass is 233 g/mol. The number of aromatic amines is 1. The van der Waals surface area contributed by atoms with Gasteiger partial charge in [0.2, 0.25) is 0 Å². The Kier molecular flexibility index (Phi) is 3.01. The second-order valence-electron chi connectivity index (χ2n) is 4.87. The van der Waals surface area contributed by atoms with Gasteiger partial charge in [0.15, 0.2) is 5.43 Å². The minimum Gasteiger partial charge on any atom is -0.356 e. The molecule has 0 atom stereocenters. The molecule has 0 unspecified atom stereocenters. The molecular weight excluding hydrogens is 217 g/mol. The lowest BCUT2D eigenvalue weighted by atomic mass is 10.0. The molecule has 0 aliphatic rings. The second-order valence-corrected chi connectivity index (χ2v) is 4.87. The van der Waals surface area contributed by atoms with Crippen molar-refractivity contribution in [3.63, 3.8) is 0 Å². The predicted molar refractivity (Wildman–Crippen MR) is 67.8 cm³/mol. The number of nitrogens with one attached hydrogen (secondary N) is 1. The molecule has 0 radical (unpaired) electrons. The van der Waals surface area contributed by atoms with Gasteiger partial charge in [-0.25, -0.2) is 4.39 Å². The number of halogens is 1. The number of rotatable bonds is 2. The summed E-state index contributed by atoms with van der Waals surface area (Å²) in [5.74, 6) is 0.0595. The van der Waals surface area contributed by atoms with Gasteiger partial charge in [-0.05, 0) is 30.9 Å². The van der Waals surface area contributed by atoms with Gasteiger partial charge in [0.1, 0.15) is 5.82 Å². The highest BCUT2D eigenvalue weighted by Gasteiger charge is 2.09. The third kappa shape index (κ3) is 2.23. The molecule has 1 aromatic carbocycles. The SMILES string of the molecule is Cc1ccc(F)c2[nH]c(CC(C)C)cc(=O)c12. The van der Waals surface area contributed by atoms with Crippen LogP contribution in [0, 0.1) is 18.7 Å². The van der Waals surface area contributed by atoms with Crippen LogP contribution in [-0.2, 0) is 6.42 Å². The van der Waals surface area contributed by atoms with E-state index in [-0.39, 0.29) is 11.2 Å². The van der Waals surface area contributed by atoms with Crippen molar-refractivity contribution in [2.24, 2.45) is 5.92 Å². The van der Waals surface area contributed by atoms with Gasteiger partial charge in [0, 0.05) is 11.8 Å². The molecule has 0 bridgehead atoms. The summed E-state index contributed by atoms with van der Waals surface area (Å²) in [6, 6.07) is 4.61. The molecule has 1 N–H and O–H groups in total. The van der Waals surface area contributed by atoms with Crippen molar-refractivity contribution in [3.8, 4) is 0 Å². The quantitative estimate of drug-likeness (QED) is 0.849. The van der Waals surface area contributed by atoms with Gasteiger partial charge in [-0.15, -0.1) is 0 Å². The number of fused-ring (bicyclic) bond motifs is 1. The van der Waals surface area contributed by atoms with Gasteiger partial charge in [0.05, 0.1) is 10.9 Å². The highest BCUT2D eigenvalue weighted by Crippen LogP contribution is 2.17. The highest BCUT2D eigenvalue weighted by atomic mass is 19.1. The maximum atomic E-state index is 13.7. The van der Waals surface area contributed by atoms with Crippen LogP contribution < -0.4 is 5.43 Å². The summed E-state index contributed by atoms with van der Waals surface area (Å²) in [5.41, 5.74) is 1.82. The van der Waals surface area contributed by atoms with Crippen molar-refractivity contribution in [1.29, 1.82) is 0 Å². The van der Waals surface area contributed by atoms with E-state index in [1.54, 1.807) is 12.1 Å². The van der Waals surface area contributed by atoms with E-state index in [2.05, 4.69) is 18.8 Å². The van der Waals surface area contributed by atoms with E-state index in [1.807, 2.05) is 6.92 Å². The first kappa shape index (κ1) is 11.8. The molecule has 1 aromatic heterocycles. The average molecular weight is 233 g/mol. The fraction of sp³-hybridized carbons (Fsp3) is 0.357.